The Morgan fingerprint density at radius 3 is 2.57 bits per heavy atom. The van der Waals surface area contributed by atoms with Gasteiger partial charge in [0.25, 0.3) is 0 Å². The summed E-state index contributed by atoms with van der Waals surface area (Å²) in [5, 5.41) is 2.96. The Morgan fingerprint density at radius 1 is 1.14 bits per heavy atom. The predicted octanol–water partition coefficient (Wildman–Crippen LogP) is 3.50. The summed E-state index contributed by atoms with van der Waals surface area (Å²) in [5.41, 5.74) is 4.22. The molecule has 2 heterocycles. The van der Waals surface area contributed by atoms with Gasteiger partial charge in [-0.05, 0) is 54.7 Å². The van der Waals surface area contributed by atoms with Gasteiger partial charge in [-0.3, -0.25) is 0 Å². The summed E-state index contributed by atoms with van der Waals surface area (Å²) in [7, 11) is 0. The summed E-state index contributed by atoms with van der Waals surface area (Å²) >= 11 is 0. The standard InChI is InChI=1S/C23H31N3O2/c1-2-12-24-23(27)26-15-10-21(11-16-26)28-22-7-6-18-8-13-25(20-4-3-5-20)14-9-19(18)17-22/h3-7,17,21H,2,8-16H2,1H3,(H,24,27). The summed E-state index contributed by atoms with van der Waals surface area (Å²) < 4.78 is 6.28. The first-order valence-corrected chi connectivity index (χ1v) is 10.7. The molecule has 28 heavy (non-hydrogen) atoms. The number of urea groups is 1. The molecule has 0 bridgehead atoms. The van der Waals surface area contributed by atoms with Crippen molar-refractivity contribution in [1.29, 1.82) is 0 Å². The number of likely N-dealkylation sites (tertiary alicyclic amines) is 1. The largest absolute Gasteiger partial charge is 0.490 e. The molecular weight excluding hydrogens is 350 g/mol. The molecule has 1 aromatic carbocycles. The first kappa shape index (κ1) is 18.9. The van der Waals surface area contributed by atoms with Crippen molar-refractivity contribution in [2.75, 3.05) is 32.7 Å². The fourth-order valence-corrected chi connectivity index (χ4v) is 4.14. The van der Waals surface area contributed by atoms with Crippen LogP contribution in [0.1, 0.15) is 37.3 Å². The minimum atomic E-state index is 0.0614. The van der Waals surface area contributed by atoms with Gasteiger partial charge in [-0.25, -0.2) is 4.79 Å². The van der Waals surface area contributed by atoms with E-state index in [1.165, 1.54) is 16.8 Å². The molecule has 5 heteroatoms. The second-order valence-electron chi connectivity index (χ2n) is 7.90. The third-order valence-electron chi connectivity index (χ3n) is 5.94. The number of fused-ring (bicyclic) bond motifs is 1. The Labute approximate surface area is 168 Å². The number of carbonyl (C=O) groups is 1. The molecule has 150 valence electrons. The number of benzene rings is 1. The average molecular weight is 382 g/mol. The zero-order valence-electron chi connectivity index (χ0n) is 16.8. The van der Waals surface area contributed by atoms with E-state index in [1.807, 2.05) is 4.90 Å². The molecule has 1 saturated heterocycles. The molecule has 0 unspecified atom stereocenters. The predicted molar refractivity (Wildman–Crippen MR) is 112 cm³/mol. The summed E-state index contributed by atoms with van der Waals surface area (Å²) in [4.78, 5) is 16.5. The van der Waals surface area contributed by atoms with Crippen LogP contribution in [0.5, 0.6) is 5.75 Å². The molecule has 0 radical (unpaired) electrons. The van der Waals surface area contributed by atoms with Gasteiger partial charge in [0.05, 0.1) is 0 Å². The van der Waals surface area contributed by atoms with E-state index in [9.17, 15) is 4.79 Å². The van der Waals surface area contributed by atoms with Crippen LogP contribution in [0, 0.1) is 0 Å². The molecule has 4 rings (SSSR count). The van der Waals surface area contributed by atoms with E-state index in [0.717, 1.165) is 70.6 Å². The van der Waals surface area contributed by atoms with Crippen LogP contribution < -0.4 is 10.1 Å². The van der Waals surface area contributed by atoms with E-state index in [2.05, 4.69) is 53.6 Å². The fourth-order valence-electron chi connectivity index (χ4n) is 4.14. The van der Waals surface area contributed by atoms with Crippen molar-refractivity contribution in [2.24, 2.45) is 0 Å². The second-order valence-corrected chi connectivity index (χ2v) is 7.90. The number of hydrogen-bond acceptors (Lipinski definition) is 3. The molecule has 0 aromatic heterocycles. The van der Waals surface area contributed by atoms with Crippen molar-refractivity contribution in [3.05, 3.63) is 53.3 Å². The highest BCUT2D eigenvalue weighted by Gasteiger charge is 2.24. The highest BCUT2D eigenvalue weighted by molar-refractivity contribution is 5.74. The highest BCUT2D eigenvalue weighted by atomic mass is 16.5. The van der Waals surface area contributed by atoms with Gasteiger partial charge in [-0.1, -0.05) is 19.1 Å². The minimum Gasteiger partial charge on any atom is -0.490 e. The molecule has 1 fully saturated rings. The Hall–Kier alpha value is -2.43. The Balaban J connectivity index is 1.30. The van der Waals surface area contributed by atoms with Crippen LogP contribution in [-0.4, -0.2) is 54.7 Å². The van der Waals surface area contributed by atoms with Gasteiger partial charge in [0, 0.05) is 51.3 Å². The van der Waals surface area contributed by atoms with Gasteiger partial charge in [-0.2, -0.15) is 0 Å². The van der Waals surface area contributed by atoms with Crippen LogP contribution in [0.15, 0.2) is 42.1 Å². The van der Waals surface area contributed by atoms with Crippen LogP contribution in [0.3, 0.4) is 0 Å². The number of rotatable bonds is 5. The molecule has 2 amide bonds. The lowest BCUT2D eigenvalue weighted by Crippen LogP contribution is -2.46. The van der Waals surface area contributed by atoms with Crippen LogP contribution in [-0.2, 0) is 12.8 Å². The summed E-state index contributed by atoms with van der Waals surface area (Å²) in [6.45, 7) is 6.50. The van der Waals surface area contributed by atoms with Gasteiger partial charge in [0.1, 0.15) is 11.9 Å². The van der Waals surface area contributed by atoms with E-state index in [0.29, 0.717) is 0 Å². The number of ether oxygens (including phenoxy) is 1. The third kappa shape index (κ3) is 4.34. The molecule has 0 atom stereocenters. The maximum absolute atomic E-state index is 12.1. The van der Waals surface area contributed by atoms with Gasteiger partial charge >= 0.3 is 6.03 Å². The topological polar surface area (TPSA) is 44.8 Å². The Morgan fingerprint density at radius 2 is 1.89 bits per heavy atom. The molecule has 3 aliphatic rings. The first-order valence-electron chi connectivity index (χ1n) is 10.7. The summed E-state index contributed by atoms with van der Waals surface area (Å²) in [6, 6.07) is 6.67. The van der Waals surface area contributed by atoms with Crippen LogP contribution >= 0.6 is 0 Å². The lowest BCUT2D eigenvalue weighted by Gasteiger charge is -2.32. The zero-order chi connectivity index (χ0) is 19.3. The molecule has 1 aromatic rings. The van der Waals surface area contributed by atoms with E-state index in [1.54, 1.807) is 0 Å². The SMILES string of the molecule is CCCNC(=O)N1CCC(Oc2ccc3c(c2)CCN(C2=CC=C2)CC3)CC1. The normalized spacial score (nSPS) is 19.4. The van der Waals surface area contributed by atoms with E-state index in [4.69, 9.17) is 4.74 Å². The summed E-state index contributed by atoms with van der Waals surface area (Å²) in [6.07, 6.45) is 11.6. The number of carbonyl (C=O) groups excluding carboxylic acids is 1. The first-order chi connectivity index (χ1) is 13.7. The monoisotopic (exact) mass is 381 g/mol. The van der Waals surface area contributed by atoms with Gasteiger partial charge in [0.15, 0.2) is 0 Å². The highest BCUT2D eigenvalue weighted by Crippen LogP contribution is 2.26. The van der Waals surface area contributed by atoms with Crippen molar-refractivity contribution < 1.29 is 9.53 Å². The second kappa shape index (κ2) is 8.72. The van der Waals surface area contributed by atoms with Crippen LogP contribution in [0.4, 0.5) is 4.79 Å². The smallest absolute Gasteiger partial charge is 0.317 e. The number of allylic oxidation sites excluding steroid dienone is 3. The number of hydrogen-bond donors (Lipinski definition) is 1. The Kier molecular flexibility index (Phi) is 5.89. The zero-order valence-corrected chi connectivity index (χ0v) is 16.8. The maximum Gasteiger partial charge on any atom is 0.317 e. The third-order valence-corrected chi connectivity index (χ3v) is 5.94. The number of amides is 2. The average Bonchev–Trinajstić information content (AvgIpc) is 2.88. The Bertz CT molecular complexity index is 763. The molecule has 1 aliphatic carbocycles. The van der Waals surface area contributed by atoms with Gasteiger partial charge in [0.2, 0.25) is 0 Å². The molecule has 1 N–H and O–H groups in total. The van der Waals surface area contributed by atoms with E-state index < -0.39 is 0 Å². The maximum atomic E-state index is 12.1. The van der Waals surface area contributed by atoms with Crippen LogP contribution in [0.25, 0.3) is 0 Å². The van der Waals surface area contributed by atoms with Crippen molar-refractivity contribution in [1.82, 2.24) is 15.1 Å². The summed E-state index contributed by atoms with van der Waals surface area (Å²) in [5.74, 6) is 0.976. The molecule has 5 nitrogen and oxygen atoms in total. The molecule has 0 saturated carbocycles. The van der Waals surface area contributed by atoms with E-state index >= 15 is 0 Å². The number of nitrogens with one attached hydrogen (secondary N) is 1. The lowest BCUT2D eigenvalue weighted by atomic mass is 10.0. The van der Waals surface area contributed by atoms with Crippen molar-refractivity contribution >= 4 is 6.03 Å². The molecular formula is C23H31N3O2. The molecule has 0 spiro atoms. The number of nitrogens with zero attached hydrogens (tertiary/aromatic N) is 2. The van der Waals surface area contributed by atoms with Crippen LogP contribution in [0.2, 0.25) is 0 Å². The minimum absolute atomic E-state index is 0.0614. The van der Waals surface area contributed by atoms with Gasteiger partial charge < -0.3 is 19.9 Å². The van der Waals surface area contributed by atoms with Crippen molar-refractivity contribution in [3.8, 4) is 5.75 Å². The van der Waals surface area contributed by atoms with E-state index in [-0.39, 0.29) is 12.1 Å². The number of piperidine rings is 1. The fraction of sp³-hybridized carbons (Fsp3) is 0.522. The van der Waals surface area contributed by atoms with Crippen molar-refractivity contribution in [3.63, 3.8) is 0 Å². The lowest BCUT2D eigenvalue weighted by molar-refractivity contribution is 0.111. The van der Waals surface area contributed by atoms with Crippen molar-refractivity contribution in [2.45, 2.75) is 45.1 Å². The quantitative estimate of drug-likeness (QED) is 0.849. The molecule has 2 aliphatic heterocycles. The van der Waals surface area contributed by atoms with Gasteiger partial charge in [-0.15, -0.1) is 0 Å².